The quantitative estimate of drug-likeness (QED) is 0.513. The molecule has 0 saturated heterocycles. The summed E-state index contributed by atoms with van der Waals surface area (Å²) in [5.41, 5.74) is 12.3. The summed E-state index contributed by atoms with van der Waals surface area (Å²) in [6.45, 7) is 2.73. The van der Waals surface area contributed by atoms with Crippen molar-refractivity contribution >= 4 is 17.2 Å². The van der Waals surface area contributed by atoms with Crippen molar-refractivity contribution in [1.29, 1.82) is 0 Å². The number of fused-ring (bicyclic) bond motifs is 2. The molecule has 0 spiro atoms. The summed E-state index contributed by atoms with van der Waals surface area (Å²) in [6.07, 6.45) is 6.18. The molecule has 0 aliphatic heterocycles. The number of hydrogen-bond donors (Lipinski definition) is 2. The fourth-order valence-corrected chi connectivity index (χ4v) is 4.45. The van der Waals surface area contributed by atoms with Gasteiger partial charge in [0.25, 0.3) is 5.91 Å². The van der Waals surface area contributed by atoms with E-state index in [1.54, 1.807) is 6.07 Å². The Balaban J connectivity index is 1.62. The Morgan fingerprint density at radius 2 is 1.90 bits per heavy atom. The molecule has 31 heavy (non-hydrogen) atoms. The molecule has 3 heterocycles. The Labute approximate surface area is 181 Å². The first-order valence-electron chi connectivity index (χ1n) is 10.7. The number of rotatable bonds is 5. The van der Waals surface area contributed by atoms with Crippen molar-refractivity contribution in [3.05, 3.63) is 82.7 Å². The van der Waals surface area contributed by atoms with Gasteiger partial charge in [-0.05, 0) is 61.9 Å². The first-order chi connectivity index (χ1) is 15.1. The van der Waals surface area contributed by atoms with Crippen LogP contribution < -0.4 is 11.1 Å². The third kappa shape index (κ3) is 3.54. The first-order valence-corrected chi connectivity index (χ1v) is 10.7. The molecule has 0 bridgehead atoms. The van der Waals surface area contributed by atoms with Crippen LogP contribution in [0.5, 0.6) is 0 Å². The molecular formula is C25H25N5O. The smallest absolute Gasteiger partial charge is 0.250 e. The molecule has 3 N–H and O–H groups in total. The van der Waals surface area contributed by atoms with Gasteiger partial charge < -0.3 is 15.5 Å². The van der Waals surface area contributed by atoms with Crippen LogP contribution in [-0.4, -0.2) is 20.3 Å². The minimum absolute atomic E-state index is 0.439. The van der Waals surface area contributed by atoms with Gasteiger partial charge in [-0.2, -0.15) is 0 Å². The molecule has 1 aromatic carbocycles. The summed E-state index contributed by atoms with van der Waals surface area (Å²) in [4.78, 5) is 21.8. The first kappa shape index (κ1) is 19.3. The number of pyridine rings is 1. The molecule has 0 radical (unpaired) electrons. The predicted molar refractivity (Wildman–Crippen MR) is 122 cm³/mol. The van der Waals surface area contributed by atoms with Crippen LogP contribution in [0.3, 0.4) is 0 Å². The Hall–Kier alpha value is -3.67. The van der Waals surface area contributed by atoms with Crippen molar-refractivity contribution in [2.24, 2.45) is 5.73 Å². The standard InChI is InChI=1S/C25H25N5O/c1-16-14-21-19(23(26)31)11-7-13-30(21)22(16)25-28-20-12-6-5-10-18(20)24(29-25)27-15-17-8-3-2-4-9-17/h2-4,7-9,11,13-14H,5-6,10,12,15H2,1H3,(H2,26,31)(H,27,28,29). The summed E-state index contributed by atoms with van der Waals surface area (Å²) >= 11 is 0. The van der Waals surface area contributed by atoms with Crippen LogP contribution in [0.1, 0.15) is 45.6 Å². The van der Waals surface area contributed by atoms with Gasteiger partial charge >= 0.3 is 0 Å². The third-order valence-electron chi connectivity index (χ3n) is 5.96. The highest BCUT2D eigenvalue weighted by atomic mass is 16.1. The molecule has 1 amide bonds. The number of amides is 1. The third-order valence-corrected chi connectivity index (χ3v) is 5.96. The van der Waals surface area contributed by atoms with Crippen molar-refractivity contribution in [1.82, 2.24) is 14.4 Å². The molecule has 0 fully saturated rings. The number of benzene rings is 1. The monoisotopic (exact) mass is 411 g/mol. The lowest BCUT2D eigenvalue weighted by molar-refractivity contribution is 0.100. The Kier molecular flexibility index (Phi) is 4.90. The molecule has 5 rings (SSSR count). The zero-order chi connectivity index (χ0) is 21.4. The maximum Gasteiger partial charge on any atom is 0.250 e. The summed E-state index contributed by atoms with van der Waals surface area (Å²) < 4.78 is 1.97. The maximum atomic E-state index is 11.9. The zero-order valence-electron chi connectivity index (χ0n) is 17.6. The van der Waals surface area contributed by atoms with Crippen molar-refractivity contribution in [3.63, 3.8) is 0 Å². The lowest BCUT2D eigenvalue weighted by Crippen LogP contribution is -2.14. The fourth-order valence-electron chi connectivity index (χ4n) is 4.45. The average Bonchev–Trinajstić information content (AvgIpc) is 3.13. The van der Waals surface area contributed by atoms with E-state index in [1.165, 1.54) is 11.1 Å². The van der Waals surface area contributed by atoms with Crippen LogP contribution in [0.15, 0.2) is 54.7 Å². The molecular weight excluding hydrogens is 386 g/mol. The minimum Gasteiger partial charge on any atom is -0.366 e. The molecule has 0 saturated carbocycles. The largest absolute Gasteiger partial charge is 0.366 e. The highest BCUT2D eigenvalue weighted by molar-refractivity contribution is 6.00. The van der Waals surface area contributed by atoms with Crippen LogP contribution >= 0.6 is 0 Å². The fraction of sp³-hybridized carbons (Fsp3) is 0.240. The van der Waals surface area contributed by atoms with E-state index in [-0.39, 0.29) is 0 Å². The number of aryl methyl sites for hydroxylation is 2. The van der Waals surface area contributed by atoms with Crippen molar-refractivity contribution in [3.8, 4) is 11.5 Å². The second-order valence-electron chi connectivity index (χ2n) is 8.08. The summed E-state index contributed by atoms with van der Waals surface area (Å²) in [6, 6.07) is 15.9. The average molecular weight is 412 g/mol. The lowest BCUT2D eigenvalue weighted by Gasteiger charge is -2.20. The van der Waals surface area contributed by atoms with Crippen LogP contribution in [0.2, 0.25) is 0 Å². The van der Waals surface area contributed by atoms with Gasteiger partial charge in [0, 0.05) is 24.0 Å². The number of nitrogens with two attached hydrogens (primary N) is 1. The number of aromatic nitrogens is 3. The van der Waals surface area contributed by atoms with E-state index in [2.05, 4.69) is 17.4 Å². The van der Waals surface area contributed by atoms with Crippen LogP contribution in [0, 0.1) is 6.92 Å². The van der Waals surface area contributed by atoms with Gasteiger partial charge in [-0.3, -0.25) is 4.79 Å². The van der Waals surface area contributed by atoms with Gasteiger partial charge in [0.15, 0.2) is 5.82 Å². The maximum absolute atomic E-state index is 11.9. The Morgan fingerprint density at radius 3 is 2.71 bits per heavy atom. The second kappa shape index (κ2) is 7.87. The van der Waals surface area contributed by atoms with Gasteiger partial charge in [0.2, 0.25) is 0 Å². The number of anilines is 1. The highest BCUT2D eigenvalue weighted by Crippen LogP contribution is 2.32. The minimum atomic E-state index is -0.439. The second-order valence-corrected chi connectivity index (χ2v) is 8.08. The Bertz CT molecular complexity index is 1280. The number of primary amides is 1. The van der Waals surface area contributed by atoms with Gasteiger partial charge in [0.05, 0.1) is 16.8 Å². The number of carbonyl (C=O) groups excluding carboxylic acids is 1. The molecule has 6 heteroatoms. The molecule has 1 aliphatic rings. The molecule has 0 atom stereocenters. The highest BCUT2D eigenvalue weighted by Gasteiger charge is 2.22. The van der Waals surface area contributed by atoms with Gasteiger partial charge in [-0.15, -0.1) is 0 Å². The van der Waals surface area contributed by atoms with E-state index in [4.69, 9.17) is 15.7 Å². The molecule has 156 valence electrons. The van der Waals surface area contributed by atoms with E-state index in [0.29, 0.717) is 17.9 Å². The topological polar surface area (TPSA) is 85.3 Å². The number of nitrogens with one attached hydrogen (secondary N) is 1. The molecule has 4 aromatic rings. The van der Waals surface area contributed by atoms with Crippen LogP contribution in [-0.2, 0) is 19.4 Å². The van der Waals surface area contributed by atoms with E-state index in [1.807, 2.05) is 47.9 Å². The summed E-state index contributed by atoms with van der Waals surface area (Å²) in [7, 11) is 0. The van der Waals surface area contributed by atoms with Crippen molar-refractivity contribution < 1.29 is 4.79 Å². The number of hydrogen-bond acceptors (Lipinski definition) is 4. The van der Waals surface area contributed by atoms with Crippen molar-refractivity contribution in [2.45, 2.75) is 39.2 Å². The summed E-state index contributed by atoms with van der Waals surface area (Å²) in [5, 5.41) is 3.55. The molecule has 3 aromatic heterocycles. The van der Waals surface area contributed by atoms with Gasteiger partial charge in [0.1, 0.15) is 5.82 Å². The van der Waals surface area contributed by atoms with Gasteiger partial charge in [-0.1, -0.05) is 30.3 Å². The summed E-state index contributed by atoms with van der Waals surface area (Å²) in [5.74, 6) is 1.14. The van der Waals surface area contributed by atoms with E-state index < -0.39 is 5.91 Å². The molecule has 1 aliphatic carbocycles. The van der Waals surface area contributed by atoms with E-state index in [9.17, 15) is 4.79 Å². The normalized spacial score (nSPS) is 13.2. The van der Waals surface area contributed by atoms with E-state index in [0.717, 1.165) is 54.0 Å². The predicted octanol–water partition coefficient (Wildman–Crippen LogP) is 4.29. The lowest BCUT2D eigenvalue weighted by atomic mass is 9.96. The molecule has 6 nitrogen and oxygen atoms in total. The van der Waals surface area contributed by atoms with Crippen LogP contribution in [0.4, 0.5) is 5.82 Å². The van der Waals surface area contributed by atoms with Crippen LogP contribution in [0.25, 0.3) is 17.0 Å². The number of carbonyl (C=O) groups is 1. The van der Waals surface area contributed by atoms with Crippen molar-refractivity contribution in [2.75, 3.05) is 5.32 Å². The number of nitrogens with zero attached hydrogens (tertiary/aromatic N) is 3. The Morgan fingerprint density at radius 1 is 1.10 bits per heavy atom. The SMILES string of the molecule is Cc1cc2c(C(N)=O)cccn2c1-c1nc2c(c(NCc3ccccc3)n1)CCCC2. The molecule has 0 unspecified atom stereocenters. The van der Waals surface area contributed by atoms with E-state index >= 15 is 0 Å². The van der Waals surface area contributed by atoms with Gasteiger partial charge in [-0.25, -0.2) is 9.97 Å². The zero-order valence-corrected chi connectivity index (χ0v) is 17.6.